The van der Waals surface area contributed by atoms with E-state index in [9.17, 15) is 14.4 Å². The Kier molecular flexibility index (Phi) is 7.79. The SMILES string of the molecule is CCN1CCCC1CN(CCN(C)C)C(=O)CCc1c(C)[nH]c(=O)[nH]c1=O. The number of carbonyl (C=O) groups is 1. The molecular formula is C19H33N5O3. The van der Waals surface area contributed by atoms with Gasteiger partial charge in [-0.2, -0.15) is 0 Å². The van der Waals surface area contributed by atoms with Crippen LogP contribution in [-0.4, -0.2) is 83.4 Å². The van der Waals surface area contributed by atoms with Gasteiger partial charge in [0.25, 0.3) is 5.56 Å². The Morgan fingerprint density at radius 2 is 1.96 bits per heavy atom. The van der Waals surface area contributed by atoms with Crippen LogP contribution >= 0.6 is 0 Å². The van der Waals surface area contributed by atoms with Gasteiger partial charge in [0.15, 0.2) is 0 Å². The van der Waals surface area contributed by atoms with Gasteiger partial charge in [-0.3, -0.25) is 19.5 Å². The van der Waals surface area contributed by atoms with Crippen LogP contribution in [0.1, 0.15) is 37.4 Å². The molecule has 0 aromatic carbocycles. The van der Waals surface area contributed by atoms with Crippen molar-refractivity contribution in [2.24, 2.45) is 0 Å². The van der Waals surface area contributed by atoms with Crippen molar-refractivity contribution in [2.45, 2.75) is 45.6 Å². The van der Waals surface area contributed by atoms with E-state index >= 15 is 0 Å². The number of hydrogen-bond donors (Lipinski definition) is 2. The van der Waals surface area contributed by atoms with Crippen molar-refractivity contribution in [3.63, 3.8) is 0 Å². The molecule has 0 bridgehead atoms. The van der Waals surface area contributed by atoms with Gasteiger partial charge in [0.2, 0.25) is 5.91 Å². The maximum atomic E-state index is 12.9. The Morgan fingerprint density at radius 1 is 1.22 bits per heavy atom. The van der Waals surface area contributed by atoms with Gasteiger partial charge < -0.3 is 14.8 Å². The molecule has 1 atom stereocenters. The van der Waals surface area contributed by atoms with Crippen LogP contribution in [0.25, 0.3) is 0 Å². The maximum Gasteiger partial charge on any atom is 0.325 e. The summed E-state index contributed by atoms with van der Waals surface area (Å²) in [6.07, 6.45) is 2.90. The zero-order chi connectivity index (χ0) is 20.0. The minimum absolute atomic E-state index is 0.0600. The standard InChI is InChI=1S/C19H33N5O3/c1-5-23-10-6-7-15(23)13-24(12-11-22(3)4)17(25)9-8-16-14(2)20-19(27)21-18(16)26/h15H,5-13H2,1-4H3,(H2,20,21,26,27). The number of nitrogens with one attached hydrogen (secondary N) is 2. The average Bonchev–Trinajstić information content (AvgIpc) is 3.04. The molecule has 0 aliphatic carbocycles. The molecule has 2 rings (SSSR count). The zero-order valence-corrected chi connectivity index (χ0v) is 17.0. The molecule has 8 heteroatoms. The number of amides is 1. The highest BCUT2D eigenvalue weighted by atomic mass is 16.2. The number of likely N-dealkylation sites (tertiary alicyclic amines) is 1. The van der Waals surface area contributed by atoms with Crippen molar-refractivity contribution < 1.29 is 4.79 Å². The lowest BCUT2D eigenvalue weighted by molar-refractivity contribution is -0.132. The molecule has 27 heavy (non-hydrogen) atoms. The lowest BCUT2D eigenvalue weighted by Crippen LogP contribution is -2.45. The Morgan fingerprint density at radius 3 is 2.59 bits per heavy atom. The van der Waals surface area contributed by atoms with Crippen molar-refractivity contribution in [1.29, 1.82) is 0 Å². The van der Waals surface area contributed by atoms with E-state index in [1.165, 1.54) is 6.42 Å². The van der Waals surface area contributed by atoms with Crippen LogP contribution in [0, 0.1) is 6.92 Å². The first-order chi connectivity index (χ1) is 12.8. The predicted octanol–water partition coefficient (Wildman–Crippen LogP) is 0.179. The molecule has 1 aliphatic heterocycles. The summed E-state index contributed by atoms with van der Waals surface area (Å²) in [5, 5.41) is 0. The third kappa shape index (κ3) is 6.04. The number of aryl methyl sites for hydroxylation is 1. The van der Waals surface area contributed by atoms with E-state index in [1.807, 2.05) is 19.0 Å². The molecule has 1 aliphatic rings. The number of rotatable bonds is 9. The van der Waals surface area contributed by atoms with Crippen molar-refractivity contribution in [2.75, 3.05) is 46.8 Å². The first kappa shape index (κ1) is 21.4. The topological polar surface area (TPSA) is 92.5 Å². The van der Waals surface area contributed by atoms with E-state index in [0.717, 1.165) is 32.6 Å². The molecule has 1 aromatic heterocycles. The second-order valence-electron chi connectivity index (χ2n) is 7.58. The fourth-order valence-electron chi connectivity index (χ4n) is 3.73. The monoisotopic (exact) mass is 379 g/mol. The fraction of sp³-hybridized carbons (Fsp3) is 0.737. The van der Waals surface area contributed by atoms with E-state index in [1.54, 1.807) is 6.92 Å². The molecular weight excluding hydrogens is 346 g/mol. The van der Waals surface area contributed by atoms with Gasteiger partial charge in [-0.25, -0.2) is 4.79 Å². The van der Waals surface area contributed by atoms with Crippen LogP contribution in [0.3, 0.4) is 0 Å². The van der Waals surface area contributed by atoms with Crippen LogP contribution in [0.15, 0.2) is 9.59 Å². The Labute approximate surface area is 160 Å². The maximum absolute atomic E-state index is 12.9. The molecule has 1 saturated heterocycles. The van der Waals surface area contributed by atoms with Gasteiger partial charge in [0.05, 0.1) is 0 Å². The highest BCUT2D eigenvalue weighted by Gasteiger charge is 2.27. The molecule has 0 spiro atoms. The van der Waals surface area contributed by atoms with Crippen molar-refractivity contribution in [1.82, 2.24) is 24.7 Å². The van der Waals surface area contributed by atoms with E-state index in [-0.39, 0.29) is 12.3 Å². The van der Waals surface area contributed by atoms with Crippen molar-refractivity contribution >= 4 is 5.91 Å². The molecule has 8 nitrogen and oxygen atoms in total. The predicted molar refractivity (Wildman–Crippen MR) is 106 cm³/mol. The highest BCUT2D eigenvalue weighted by molar-refractivity contribution is 5.76. The smallest absolute Gasteiger partial charge is 0.325 e. The summed E-state index contributed by atoms with van der Waals surface area (Å²) in [5.74, 6) is 0.0600. The van der Waals surface area contributed by atoms with Gasteiger partial charge in [-0.15, -0.1) is 0 Å². The summed E-state index contributed by atoms with van der Waals surface area (Å²) in [7, 11) is 4.00. The van der Waals surface area contributed by atoms with Gasteiger partial charge >= 0.3 is 5.69 Å². The number of aromatic amines is 2. The second-order valence-corrected chi connectivity index (χ2v) is 7.58. The van der Waals surface area contributed by atoms with Crippen LogP contribution < -0.4 is 11.2 Å². The van der Waals surface area contributed by atoms with Crippen molar-refractivity contribution in [3.05, 3.63) is 32.1 Å². The van der Waals surface area contributed by atoms with Crippen LogP contribution in [-0.2, 0) is 11.2 Å². The molecule has 0 saturated carbocycles. The summed E-state index contributed by atoms with van der Waals surface area (Å²) < 4.78 is 0. The number of nitrogens with zero attached hydrogens (tertiary/aromatic N) is 3. The molecule has 2 N–H and O–H groups in total. The van der Waals surface area contributed by atoms with Crippen LogP contribution in [0.5, 0.6) is 0 Å². The quantitative estimate of drug-likeness (QED) is 0.639. The average molecular weight is 380 g/mol. The number of H-pyrrole nitrogens is 2. The summed E-state index contributed by atoms with van der Waals surface area (Å²) in [6, 6.07) is 0.416. The molecule has 1 unspecified atom stereocenters. The first-order valence-corrected chi connectivity index (χ1v) is 9.80. The molecule has 1 fully saturated rings. The summed E-state index contributed by atoms with van der Waals surface area (Å²) >= 11 is 0. The van der Waals surface area contributed by atoms with Gasteiger partial charge in [0, 0.05) is 43.4 Å². The fourth-order valence-corrected chi connectivity index (χ4v) is 3.73. The van der Waals surface area contributed by atoms with Gasteiger partial charge in [-0.05, 0) is 53.4 Å². The number of carbonyl (C=O) groups excluding carboxylic acids is 1. The highest BCUT2D eigenvalue weighted by Crippen LogP contribution is 2.18. The zero-order valence-electron chi connectivity index (χ0n) is 17.0. The summed E-state index contributed by atoms with van der Waals surface area (Å²) in [6.45, 7) is 8.19. The van der Waals surface area contributed by atoms with Gasteiger partial charge in [-0.1, -0.05) is 6.92 Å². The molecule has 1 amide bonds. The lowest BCUT2D eigenvalue weighted by Gasteiger charge is -2.31. The Hall–Kier alpha value is -1.93. The normalized spacial score (nSPS) is 17.6. The van der Waals surface area contributed by atoms with E-state index in [2.05, 4.69) is 26.7 Å². The largest absolute Gasteiger partial charge is 0.340 e. The lowest BCUT2D eigenvalue weighted by atomic mass is 10.1. The van der Waals surface area contributed by atoms with Gasteiger partial charge in [0.1, 0.15) is 0 Å². The molecule has 0 radical (unpaired) electrons. The molecule has 1 aromatic rings. The number of likely N-dealkylation sites (N-methyl/N-ethyl adjacent to an activating group) is 2. The summed E-state index contributed by atoms with van der Waals surface area (Å²) in [5.41, 5.74) is 0.0915. The Bertz CT molecular complexity index is 740. The van der Waals surface area contributed by atoms with E-state index in [4.69, 9.17) is 0 Å². The minimum Gasteiger partial charge on any atom is -0.340 e. The van der Waals surface area contributed by atoms with E-state index < -0.39 is 11.2 Å². The van der Waals surface area contributed by atoms with Crippen LogP contribution in [0.2, 0.25) is 0 Å². The summed E-state index contributed by atoms with van der Waals surface area (Å²) in [4.78, 5) is 47.5. The third-order valence-corrected chi connectivity index (χ3v) is 5.35. The third-order valence-electron chi connectivity index (χ3n) is 5.35. The van der Waals surface area contributed by atoms with Crippen molar-refractivity contribution in [3.8, 4) is 0 Å². The van der Waals surface area contributed by atoms with Crippen LogP contribution in [0.4, 0.5) is 0 Å². The number of aromatic nitrogens is 2. The Balaban J connectivity index is 2.04. The molecule has 152 valence electrons. The molecule has 2 heterocycles. The van der Waals surface area contributed by atoms with E-state index in [0.29, 0.717) is 30.3 Å². The minimum atomic E-state index is -0.513. The second kappa shape index (κ2) is 9.85. The number of hydrogen-bond acceptors (Lipinski definition) is 5. The first-order valence-electron chi connectivity index (χ1n) is 9.80.